The fourth-order valence-electron chi connectivity index (χ4n) is 1.82. The molecular formula is C13H17N3S. The van der Waals surface area contributed by atoms with E-state index >= 15 is 0 Å². The predicted molar refractivity (Wildman–Crippen MR) is 71.2 cm³/mol. The van der Waals surface area contributed by atoms with E-state index in [1.54, 1.807) is 11.3 Å². The van der Waals surface area contributed by atoms with Gasteiger partial charge >= 0.3 is 0 Å². The van der Waals surface area contributed by atoms with Gasteiger partial charge in [-0.2, -0.15) is 0 Å². The van der Waals surface area contributed by atoms with E-state index in [9.17, 15) is 0 Å². The molecule has 0 spiro atoms. The number of thiazole rings is 1. The average molecular weight is 247 g/mol. The van der Waals surface area contributed by atoms with Crippen LogP contribution in [0.4, 0.5) is 0 Å². The average Bonchev–Trinajstić information content (AvgIpc) is 2.77. The summed E-state index contributed by atoms with van der Waals surface area (Å²) in [6, 6.07) is 4.42. The van der Waals surface area contributed by atoms with Gasteiger partial charge in [0, 0.05) is 17.8 Å². The largest absolute Gasteiger partial charge is 0.309 e. The van der Waals surface area contributed by atoms with Crippen molar-refractivity contribution in [3.8, 4) is 0 Å². The first-order valence-electron chi connectivity index (χ1n) is 5.84. The highest BCUT2D eigenvalue weighted by Gasteiger charge is 2.13. The number of nitrogens with zero attached hydrogens (tertiary/aromatic N) is 2. The Bertz CT molecular complexity index is 453. The first-order valence-corrected chi connectivity index (χ1v) is 6.72. The lowest BCUT2D eigenvalue weighted by Gasteiger charge is -2.15. The number of hydrogen-bond acceptors (Lipinski definition) is 4. The Labute approximate surface area is 106 Å². The van der Waals surface area contributed by atoms with Crippen molar-refractivity contribution in [3.63, 3.8) is 0 Å². The molecule has 90 valence electrons. The van der Waals surface area contributed by atoms with E-state index in [1.807, 2.05) is 19.3 Å². The van der Waals surface area contributed by atoms with E-state index in [-0.39, 0.29) is 0 Å². The highest BCUT2D eigenvalue weighted by Crippen LogP contribution is 2.20. The van der Waals surface area contributed by atoms with Crippen LogP contribution in [-0.4, -0.2) is 16.5 Å². The maximum atomic E-state index is 4.57. The van der Waals surface area contributed by atoms with Crippen LogP contribution in [0, 0.1) is 6.92 Å². The lowest BCUT2D eigenvalue weighted by molar-refractivity contribution is 0.538. The number of aryl methyl sites for hydroxylation is 1. The monoisotopic (exact) mass is 247 g/mol. The van der Waals surface area contributed by atoms with Gasteiger partial charge in [-0.25, -0.2) is 4.98 Å². The van der Waals surface area contributed by atoms with E-state index < -0.39 is 0 Å². The molecule has 2 rings (SSSR count). The fourth-order valence-corrected chi connectivity index (χ4v) is 2.49. The summed E-state index contributed by atoms with van der Waals surface area (Å²) < 4.78 is 0. The molecule has 0 amide bonds. The van der Waals surface area contributed by atoms with Gasteiger partial charge in [0.25, 0.3) is 0 Å². The summed E-state index contributed by atoms with van der Waals surface area (Å²) in [5.41, 5.74) is 2.43. The molecule has 0 radical (unpaired) electrons. The van der Waals surface area contributed by atoms with Crippen LogP contribution in [0.1, 0.15) is 29.2 Å². The molecule has 2 aromatic heterocycles. The minimum absolute atomic E-state index is 0.298. The highest BCUT2D eigenvalue weighted by atomic mass is 32.1. The second-order valence-electron chi connectivity index (χ2n) is 3.96. The number of rotatable bonds is 5. The number of nitrogens with one attached hydrogen (secondary N) is 1. The lowest BCUT2D eigenvalue weighted by atomic mass is 10.1. The Morgan fingerprint density at radius 1 is 1.35 bits per heavy atom. The van der Waals surface area contributed by atoms with E-state index in [4.69, 9.17) is 0 Å². The quantitative estimate of drug-likeness (QED) is 0.883. The van der Waals surface area contributed by atoms with Gasteiger partial charge in [-0.3, -0.25) is 4.98 Å². The first-order chi connectivity index (χ1) is 8.29. The maximum absolute atomic E-state index is 4.57. The van der Waals surface area contributed by atoms with Crippen LogP contribution in [0.5, 0.6) is 0 Å². The topological polar surface area (TPSA) is 37.8 Å². The molecule has 0 fully saturated rings. The summed E-state index contributed by atoms with van der Waals surface area (Å²) in [6.07, 6.45) is 4.63. The van der Waals surface area contributed by atoms with Crippen LogP contribution >= 0.6 is 11.3 Å². The van der Waals surface area contributed by atoms with Crippen molar-refractivity contribution in [1.29, 1.82) is 0 Å². The summed E-state index contributed by atoms with van der Waals surface area (Å²) in [5.74, 6) is 0. The van der Waals surface area contributed by atoms with Crippen molar-refractivity contribution in [1.82, 2.24) is 15.3 Å². The van der Waals surface area contributed by atoms with Crippen molar-refractivity contribution in [2.24, 2.45) is 0 Å². The van der Waals surface area contributed by atoms with Crippen LogP contribution in [-0.2, 0) is 6.42 Å². The molecule has 4 heteroatoms. The molecule has 0 saturated carbocycles. The Balaban J connectivity index is 2.13. The van der Waals surface area contributed by atoms with Gasteiger partial charge in [-0.15, -0.1) is 11.3 Å². The van der Waals surface area contributed by atoms with E-state index in [0.29, 0.717) is 6.04 Å². The van der Waals surface area contributed by atoms with Crippen LogP contribution in [0.15, 0.2) is 29.9 Å². The first kappa shape index (κ1) is 12.2. The van der Waals surface area contributed by atoms with Gasteiger partial charge in [0.15, 0.2) is 0 Å². The summed E-state index contributed by atoms with van der Waals surface area (Å²) in [5, 5.41) is 6.75. The minimum Gasteiger partial charge on any atom is -0.309 e. The van der Waals surface area contributed by atoms with E-state index in [1.165, 1.54) is 5.56 Å². The molecular weight excluding hydrogens is 230 g/mol. The van der Waals surface area contributed by atoms with Gasteiger partial charge in [0.05, 0.1) is 16.7 Å². The maximum Gasteiger partial charge on any atom is 0.0898 e. The predicted octanol–water partition coefficient (Wildman–Crippen LogP) is 2.74. The smallest absolute Gasteiger partial charge is 0.0898 e. The Kier molecular flexibility index (Phi) is 4.23. The molecule has 2 heterocycles. The standard InChI is InChI=1S/C13H17N3S/c1-3-15-12(13-9-17-10(2)16-13)8-11-4-6-14-7-5-11/h4-7,9,12,15H,3,8H2,1-2H3. The summed E-state index contributed by atoms with van der Waals surface area (Å²) >= 11 is 1.71. The molecule has 1 unspecified atom stereocenters. The van der Waals surface area contributed by atoms with Crippen molar-refractivity contribution >= 4 is 11.3 Å². The van der Waals surface area contributed by atoms with Crippen LogP contribution < -0.4 is 5.32 Å². The molecule has 1 atom stereocenters. The molecule has 0 bridgehead atoms. The zero-order chi connectivity index (χ0) is 12.1. The van der Waals surface area contributed by atoms with Crippen LogP contribution in [0.25, 0.3) is 0 Å². The molecule has 3 nitrogen and oxygen atoms in total. The van der Waals surface area contributed by atoms with Gasteiger partial charge in [0.2, 0.25) is 0 Å². The van der Waals surface area contributed by atoms with Gasteiger partial charge < -0.3 is 5.32 Å². The molecule has 0 aliphatic heterocycles. The molecule has 17 heavy (non-hydrogen) atoms. The Hall–Kier alpha value is -1.26. The zero-order valence-electron chi connectivity index (χ0n) is 10.2. The molecule has 0 aliphatic rings. The number of pyridine rings is 1. The highest BCUT2D eigenvalue weighted by molar-refractivity contribution is 7.09. The second kappa shape index (κ2) is 5.89. The molecule has 0 saturated heterocycles. The SMILES string of the molecule is CCNC(Cc1ccncc1)c1csc(C)n1. The molecule has 1 N–H and O–H groups in total. The van der Waals surface area contributed by atoms with Crippen LogP contribution in [0.3, 0.4) is 0 Å². The molecule has 2 aromatic rings. The third-order valence-corrected chi connectivity index (χ3v) is 3.43. The Morgan fingerprint density at radius 2 is 2.12 bits per heavy atom. The van der Waals surface area contributed by atoms with Crippen molar-refractivity contribution in [3.05, 3.63) is 46.2 Å². The van der Waals surface area contributed by atoms with Crippen LogP contribution in [0.2, 0.25) is 0 Å². The van der Waals surface area contributed by atoms with Crippen molar-refractivity contribution < 1.29 is 0 Å². The van der Waals surface area contributed by atoms with E-state index in [2.05, 4.69) is 39.7 Å². The van der Waals surface area contributed by atoms with Gasteiger partial charge in [-0.05, 0) is 37.6 Å². The summed E-state index contributed by atoms with van der Waals surface area (Å²) in [4.78, 5) is 8.61. The molecule has 0 aliphatic carbocycles. The number of likely N-dealkylation sites (N-methyl/N-ethyl adjacent to an activating group) is 1. The normalized spacial score (nSPS) is 12.6. The van der Waals surface area contributed by atoms with Crippen molar-refractivity contribution in [2.45, 2.75) is 26.3 Å². The zero-order valence-corrected chi connectivity index (χ0v) is 11.0. The second-order valence-corrected chi connectivity index (χ2v) is 5.02. The molecule has 0 aromatic carbocycles. The number of hydrogen-bond donors (Lipinski definition) is 1. The third-order valence-electron chi connectivity index (χ3n) is 2.63. The van der Waals surface area contributed by atoms with Gasteiger partial charge in [-0.1, -0.05) is 6.92 Å². The van der Waals surface area contributed by atoms with E-state index in [0.717, 1.165) is 23.7 Å². The summed E-state index contributed by atoms with van der Waals surface area (Å²) in [6.45, 7) is 5.12. The Morgan fingerprint density at radius 3 is 2.71 bits per heavy atom. The lowest BCUT2D eigenvalue weighted by Crippen LogP contribution is -2.23. The summed E-state index contributed by atoms with van der Waals surface area (Å²) in [7, 11) is 0. The fraction of sp³-hybridized carbons (Fsp3) is 0.385. The van der Waals surface area contributed by atoms with Crippen molar-refractivity contribution in [2.75, 3.05) is 6.54 Å². The third kappa shape index (κ3) is 3.35. The minimum atomic E-state index is 0.298. The van der Waals surface area contributed by atoms with Gasteiger partial charge in [0.1, 0.15) is 0 Å². The number of aromatic nitrogens is 2.